The van der Waals surface area contributed by atoms with Gasteiger partial charge in [-0.15, -0.1) is 0 Å². The Morgan fingerprint density at radius 2 is 1.34 bits per heavy atom. The Morgan fingerprint density at radius 3 is 1.59 bits per heavy atom. The van der Waals surface area contributed by atoms with Crippen LogP contribution >= 0.6 is 0 Å². The summed E-state index contributed by atoms with van der Waals surface area (Å²) in [4.78, 5) is 35.4. The number of nitrogens with one attached hydrogen (secondary N) is 2. The quantitative estimate of drug-likeness (QED) is 0.198. The molecule has 0 saturated carbocycles. The van der Waals surface area contributed by atoms with E-state index < -0.39 is 53.5 Å². The van der Waals surface area contributed by atoms with Crippen LogP contribution in [0.4, 0.5) is 36.8 Å². The maximum atomic E-state index is 12.7. The van der Waals surface area contributed by atoms with Crippen LogP contribution in [0.5, 0.6) is 11.5 Å². The Hall–Kier alpha value is -3.52. The van der Waals surface area contributed by atoms with Crippen molar-refractivity contribution in [2.45, 2.75) is 39.0 Å². The minimum Gasteiger partial charge on any atom is -0.419 e. The molecule has 0 heterocycles. The third-order valence-electron chi connectivity index (χ3n) is 3.89. The molecule has 0 unspecified atom stereocenters. The molecule has 2 amide bonds. The Balaban J connectivity index is 3.97. The molecule has 15 heteroatoms. The largest absolute Gasteiger partial charge is 0.491 e. The van der Waals surface area contributed by atoms with Crippen molar-refractivity contribution in [2.24, 2.45) is 5.73 Å². The number of ether oxygens (including phenoxy) is 2. The number of nitrogens with zero attached hydrogens (tertiary/aromatic N) is 1. The average molecular weight is 472 g/mol. The van der Waals surface area contributed by atoms with E-state index in [1.54, 1.807) is 0 Å². The first-order valence-electron chi connectivity index (χ1n) is 8.72. The maximum Gasteiger partial charge on any atom is 0.491 e. The molecule has 1 rings (SSSR count). The summed E-state index contributed by atoms with van der Waals surface area (Å²) in [5, 5.41) is 9.76. The van der Waals surface area contributed by atoms with E-state index in [0.717, 1.165) is 7.05 Å². The lowest BCUT2D eigenvalue weighted by Gasteiger charge is -2.28. The highest BCUT2D eigenvalue weighted by Gasteiger charge is 2.44. The lowest BCUT2D eigenvalue weighted by Crippen LogP contribution is -2.47. The molecule has 0 aliphatic heterocycles. The first-order valence-corrected chi connectivity index (χ1v) is 8.72. The van der Waals surface area contributed by atoms with Gasteiger partial charge in [-0.3, -0.25) is 5.41 Å². The SMILES string of the molecule is CCc1c(OC(=O)C(F)(F)F)cc(OC(=O)C(F)(F)F)c(CC)c1N(C(=N)N)C(=O)NC. The summed E-state index contributed by atoms with van der Waals surface area (Å²) in [6.45, 7) is 2.74. The third-order valence-corrected chi connectivity index (χ3v) is 3.89. The number of nitrogens with two attached hydrogens (primary N) is 1. The van der Waals surface area contributed by atoms with Gasteiger partial charge in [-0.1, -0.05) is 13.8 Å². The van der Waals surface area contributed by atoms with Gasteiger partial charge in [-0.2, -0.15) is 26.3 Å². The predicted octanol–water partition coefficient (Wildman–Crippen LogP) is 2.79. The first kappa shape index (κ1) is 26.5. The van der Waals surface area contributed by atoms with Crippen molar-refractivity contribution in [1.29, 1.82) is 5.41 Å². The van der Waals surface area contributed by atoms with E-state index in [9.17, 15) is 40.7 Å². The summed E-state index contributed by atoms with van der Waals surface area (Å²) >= 11 is 0. The molecule has 4 N–H and O–H groups in total. The summed E-state index contributed by atoms with van der Waals surface area (Å²) in [6, 6.07) is -0.592. The van der Waals surface area contributed by atoms with Crippen molar-refractivity contribution in [2.75, 3.05) is 11.9 Å². The van der Waals surface area contributed by atoms with Crippen LogP contribution < -0.4 is 25.4 Å². The van der Waals surface area contributed by atoms with Crippen molar-refractivity contribution < 1.29 is 50.2 Å². The molecule has 0 atom stereocenters. The number of carbonyl (C=O) groups excluding carboxylic acids is 3. The highest BCUT2D eigenvalue weighted by atomic mass is 19.4. The molecule has 9 nitrogen and oxygen atoms in total. The molecular formula is C17H18F6N4O5. The minimum atomic E-state index is -5.47. The zero-order valence-electron chi connectivity index (χ0n) is 16.8. The number of halogens is 6. The molecule has 0 radical (unpaired) electrons. The topological polar surface area (TPSA) is 135 Å². The molecule has 0 aliphatic carbocycles. The zero-order chi connectivity index (χ0) is 25.0. The van der Waals surface area contributed by atoms with Crippen molar-refractivity contribution in [3.05, 3.63) is 17.2 Å². The molecule has 0 aromatic heterocycles. The van der Waals surface area contributed by atoms with Crippen LogP contribution in [0, 0.1) is 5.41 Å². The van der Waals surface area contributed by atoms with Crippen LogP contribution in [0.3, 0.4) is 0 Å². The van der Waals surface area contributed by atoms with Crippen molar-refractivity contribution in [1.82, 2.24) is 5.32 Å². The highest BCUT2D eigenvalue weighted by Crippen LogP contribution is 2.42. The number of guanidine groups is 1. The summed E-state index contributed by atoms with van der Waals surface area (Å²) in [6.07, 6.45) is -11.4. The molecule has 0 bridgehead atoms. The Morgan fingerprint density at radius 1 is 0.969 bits per heavy atom. The van der Waals surface area contributed by atoms with E-state index in [1.165, 1.54) is 13.8 Å². The van der Waals surface area contributed by atoms with E-state index in [0.29, 0.717) is 11.0 Å². The van der Waals surface area contributed by atoms with Crippen molar-refractivity contribution in [3.63, 3.8) is 0 Å². The fraction of sp³-hybridized carbons (Fsp3) is 0.412. The number of hydrogen-bond donors (Lipinski definition) is 3. The molecule has 0 fully saturated rings. The van der Waals surface area contributed by atoms with Gasteiger partial charge in [0.1, 0.15) is 11.5 Å². The maximum absolute atomic E-state index is 12.7. The number of benzene rings is 1. The fourth-order valence-corrected chi connectivity index (χ4v) is 2.60. The molecule has 32 heavy (non-hydrogen) atoms. The second kappa shape index (κ2) is 9.74. The van der Waals surface area contributed by atoms with Crippen LogP contribution in [0.2, 0.25) is 0 Å². The number of urea groups is 1. The van der Waals surface area contributed by atoms with Gasteiger partial charge in [-0.05, 0) is 12.8 Å². The van der Waals surface area contributed by atoms with E-state index in [2.05, 4.69) is 14.8 Å². The number of alkyl halides is 6. The second-order valence-corrected chi connectivity index (χ2v) is 5.94. The highest BCUT2D eigenvalue weighted by molar-refractivity contribution is 6.15. The molecule has 1 aromatic rings. The first-order chi connectivity index (χ1) is 14.6. The van der Waals surface area contributed by atoms with E-state index in [4.69, 9.17) is 11.1 Å². The van der Waals surface area contributed by atoms with Gasteiger partial charge in [0, 0.05) is 24.2 Å². The molecular weight excluding hydrogens is 454 g/mol. The van der Waals surface area contributed by atoms with Crippen LogP contribution in [-0.2, 0) is 22.4 Å². The van der Waals surface area contributed by atoms with Crippen LogP contribution in [0.25, 0.3) is 0 Å². The smallest absolute Gasteiger partial charge is 0.419 e. The van der Waals surface area contributed by atoms with Gasteiger partial charge >= 0.3 is 30.3 Å². The number of amides is 2. The lowest BCUT2D eigenvalue weighted by molar-refractivity contribution is -0.190. The summed E-state index contributed by atoms with van der Waals surface area (Å²) in [5.74, 6) is -8.29. The van der Waals surface area contributed by atoms with Gasteiger partial charge in [0.05, 0.1) is 5.69 Å². The van der Waals surface area contributed by atoms with Gasteiger partial charge in [0.2, 0.25) is 5.96 Å². The average Bonchev–Trinajstić information content (AvgIpc) is 2.66. The van der Waals surface area contributed by atoms with Crippen LogP contribution in [-0.4, -0.2) is 43.3 Å². The summed E-state index contributed by atoms with van der Waals surface area (Å²) in [5.41, 5.74) is 4.36. The Labute approximate surface area is 176 Å². The monoisotopic (exact) mass is 472 g/mol. The molecule has 0 saturated heterocycles. The van der Waals surface area contributed by atoms with E-state index in [1.807, 2.05) is 0 Å². The molecule has 0 spiro atoms. The van der Waals surface area contributed by atoms with E-state index in [-0.39, 0.29) is 24.0 Å². The summed E-state index contributed by atoms with van der Waals surface area (Å²) in [7, 11) is 1.12. The Kier molecular flexibility index (Phi) is 8.07. The van der Waals surface area contributed by atoms with Crippen molar-refractivity contribution in [3.8, 4) is 11.5 Å². The number of anilines is 1. The molecule has 1 aromatic carbocycles. The predicted molar refractivity (Wildman–Crippen MR) is 97.4 cm³/mol. The molecule has 0 aliphatic rings. The Bertz CT molecular complexity index is 875. The van der Waals surface area contributed by atoms with Gasteiger partial charge in [-0.25, -0.2) is 19.3 Å². The molecule has 178 valence electrons. The number of esters is 2. The van der Waals surface area contributed by atoms with Crippen LogP contribution in [0.15, 0.2) is 6.07 Å². The summed E-state index contributed by atoms with van der Waals surface area (Å²) < 4.78 is 84.9. The van der Waals surface area contributed by atoms with Crippen LogP contribution in [0.1, 0.15) is 25.0 Å². The van der Waals surface area contributed by atoms with Crippen molar-refractivity contribution >= 4 is 29.6 Å². The second-order valence-electron chi connectivity index (χ2n) is 5.94. The third kappa shape index (κ3) is 5.79. The van der Waals surface area contributed by atoms with Gasteiger partial charge in [0.15, 0.2) is 0 Å². The van der Waals surface area contributed by atoms with E-state index >= 15 is 0 Å². The standard InChI is InChI=1S/C17H18F6N4O5/c1-4-7-9(31-12(28)16(18,19)20)6-10(32-13(29)17(21,22)23)8(5-2)11(7)27(14(24)25)15(30)26-3/h6H,4-5H2,1-3H3,(H3,24,25)(H,26,30). The zero-order valence-corrected chi connectivity index (χ0v) is 16.8. The number of rotatable bonds is 5. The fourth-order valence-electron chi connectivity index (χ4n) is 2.60. The van der Waals surface area contributed by atoms with Gasteiger partial charge < -0.3 is 20.5 Å². The number of carbonyl (C=O) groups is 3. The normalized spacial score (nSPS) is 11.5. The minimum absolute atomic E-state index is 0.225. The lowest BCUT2D eigenvalue weighted by atomic mass is 9.99. The van der Waals surface area contributed by atoms with Gasteiger partial charge in [0.25, 0.3) is 0 Å². The number of hydrogen-bond acceptors (Lipinski definition) is 6.